The van der Waals surface area contributed by atoms with Crippen LogP contribution in [0.3, 0.4) is 0 Å². The van der Waals surface area contributed by atoms with Gasteiger partial charge in [0.05, 0.1) is 6.04 Å². The number of carbonyl (C=O) groups excluding carboxylic acids is 1. The SMILES string of the molecule is O=C1C2CCCN2C(c2cccc(Br)c2)N1c1ccccn1. The smallest absolute Gasteiger partial charge is 0.247 e. The molecule has 1 amide bonds. The molecule has 4 rings (SSSR count). The molecule has 0 N–H and O–H groups in total. The highest BCUT2D eigenvalue weighted by molar-refractivity contribution is 9.10. The monoisotopic (exact) mass is 357 g/mol. The Morgan fingerprint density at radius 3 is 2.86 bits per heavy atom. The van der Waals surface area contributed by atoms with Crippen molar-refractivity contribution in [2.75, 3.05) is 11.4 Å². The summed E-state index contributed by atoms with van der Waals surface area (Å²) in [6.07, 6.45) is 3.70. The zero-order valence-corrected chi connectivity index (χ0v) is 13.6. The molecule has 2 unspecified atom stereocenters. The van der Waals surface area contributed by atoms with Crippen LogP contribution in [0.5, 0.6) is 0 Å². The fourth-order valence-corrected chi connectivity index (χ4v) is 3.94. The standard InChI is InChI=1S/C17H16BrN3O/c18-13-6-3-5-12(11-13)16-20-10-4-7-14(20)17(22)21(16)15-8-1-2-9-19-15/h1-3,5-6,8-9,11,14,16H,4,7,10H2. The zero-order chi connectivity index (χ0) is 15.1. The van der Waals surface area contributed by atoms with E-state index in [9.17, 15) is 4.79 Å². The molecule has 3 heterocycles. The average molecular weight is 358 g/mol. The molecule has 22 heavy (non-hydrogen) atoms. The van der Waals surface area contributed by atoms with E-state index >= 15 is 0 Å². The van der Waals surface area contributed by atoms with Gasteiger partial charge in [0.1, 0.15) is 12.0 Å². The van der Waals surface area contributed by atoms with E-state index in [4.69, 9.17) is 0 Å². The molecule has 4 nitrogen and oxygen atoms in total. The first-order valence-electron chi connectivity index (χ1n) is 7.51. The molecule has 2 aliphatic heterocycles. The molecule has 112 valence electrons. The van der Waals surface area contributed by atoms with E-state index in [0.717, 1.165) is 35.2 Å². The Morgan fingerprint density at radius 1 is 1.18 bits per heavy atom. The first kappa shape index (κ1) is 13.9. The first-order chi connectivity index (χ1) is 10.8. The molecular weight excluding hydrogens is 342 g/mol. The molecule has 0 spiro atoms. The molecule has 2 fully saturated rings. The van der Waals surface area contributed by atoms with E-state index in [1.54, 1.807) is 6.20 Å². The van der Waals surface area contributed by atoms with Gasteiger partial charge in [0.2, 0.25) is 5.91 Å². The van der Waals surface area contributed by atoms with Crippen molar-refractivity contribution >= 4 is 27.7 Å². The molecule has 2 atom stereocenters. The quantitative estimate of drug-likeness (QED) is 0.826. The van der Waals surface area contributed by atoms with E-state index in [0.29, 0.717) is 0 Å². The van der Waals surface area contributed by atoms with Crippen molar-refractivity contribution in [3.05, 3.63) is 58.7 Å². The first-order valence-corrected chi connectivity index (χ1v) is 8.30. The van der Waals surface area contributed by atoms with Crippen LogP contribution in [0.2, 0.25) is 0 Å². The number of hydrogen-bond donors (Lipinski definition) is 0. The van der Waals surface area contributed by atoms with Crippen LogP contribution in [0.4, 0.5) is 5.82 Å². The maximum atomic E-state index is 12.9. The van der Waals surface area contributed by atoms with Crippen LogP contribution in [0.25, 0.3) is 0 Å². The summed E-state index contributed by atoms with van der Waals surface area (Å²) in [7, 11) is 0. The van der Waals surface area contributed by atoms with Crippen molar-refractivity contribution in [1.29, 1.82) is 0 Å². The van der Waals surface area contributed by atoms with E-state index in [1.807, 2.05) is 35.2 Å². The second-order valence-corrected chi connectivity index (χ2v) is 6.64. The number of aromatic nitrogens is 1. The Kier molecular flexibility index (Phi) is 3.47. The minimum Gasteiger partial charge on any atom is -0.275 e. The zero-order valence-electron chi connectivity index (χ0n) is 12.0. The Balaban J connectivity index is 1.82. The lowest BCUT2D eigenvalue weighted by molar-refractivity contribution is -0.119. The summed E-state index contributed by atoms with van der Waals surface area (Å²) >= 11 is 3.54. The highest BCUT2D eigenvalue weighted by Gasteiger charge is 2.49. The Bertz CT molecular complexity index is 706. The van der Waals surface area contributed by atoms with Gasteiger partial charge in [0.15, 0.2) is 0 Å². The summed E-state index contributed by atoms with van der Waals surface area (Å²) < 4.78 is 1.03. The van der Waals surface area contributed by atoms with Crippen molar-refractivity contribution in [1.82, 2.24) is 9.88 Å². The number of amides is 1. The summed E-state index contributed by atoms with van der Waals surface area (Å²) in [6, 6.07) is 13.9. The molecule has 2 aromatic rings. The van der Waals surface area contributed by atoms with Gasteiger partial charge < -0.3 is 0 Å². The normalized spacial score (nSPS) is 24.8. The minimum absolute atomic E-state index is 0.00834. The van der Waals surface area contributed by atoms with Crippen LogP contribution in [0.1, 0.15) is 24.6 Å². The lowest BCUT2D eigenvalue weighted by atomic mass is 10.1. The van der Waals surface area contributed by atoms with Gasteiger partial charge >= 0.3 is 0 Å². The highest BCUT2D eigenvalue weighted by atomic mass is 79.9. The number of nitrogens with zero attached hydrogens (tertiary/aromatic N) is 3. The summed E-state index contributed by atoms with van der Waals surface area (Å²) in [4.78, 5) is 21.4. The summed E-state index contributed by atoms with van der Waals surface area (Å²) in [5, 5.41) is 0. The van der Waals surface area contributed by atoms with Gasteiger partial charge in [-0.3, -0.25) is 14.6 Å². The third-order valence-electron chi connectivity index (χ3n) is 4.42. The number of carbonyl (C=O) groups is 1. The van der Waals surface area contributed by atoms with Crippen LogP contribution >= 0.6 is 15.9 Å². The van der Waals surface area contributed by atoms with Gasteiger partial charge in [0, 0.05) is 17.2 Å². The number of fused-ring (bicyclic) bond motifs is 1. The maximum Gasteiger partial charge on any atom is 0.247 e. The van der Waals surface area contributed by atoms with Crippen LogP contribution < -0.4 is 4.90 Å². The van der Waals surface area contributed by atoms with E-state index < -0.39 is 0 Å². The maximum absolute atomic E-state index is 12.9. The molecule has 0 aliphatic carbocycles. The summed E-state index contributed by atoms with van der Waals surface area (Å²) in [6.45, 7) is 0.955. The number of hydrogen-bond acceptors (Lipinski definition) is 3. The second-order valence-electron chi connectivity index (χ2n) is 5.72. The van der Waals surface area contributed by atoms with Gasteiger partial charge in [-0.2, -0.15) is 0 Å². The Labute approximate surface area is 137 Å². The molecule has 0 radical (unpaired) electrons. The minimum atomic E-state index is -0.0626. The largest absolute Gasteiger partial charge is 0.275 e. The lowest BCUT2D eigenvalue weighted by Gasteiger charge is -2.29. The second kappa shape index (κ2) is 5.48. The third kappa shape index (κ3) is 2.16. The van der Waals surface area contributed by atoms with Crippen molar-refractivity contribution in [3.8, 4) is 0 Å². The van der Waals surface area contributed by atoms with Crippen molar-refractivity contribution in [2.45, 2.75) is 25.0 Å². The summed E-state index contributed by atoms with van der Waals surface area (Å²) in [5.74, 6) is 0.896. The number of rotatable bonds is 2. The number of benzene rings is 1. The summed E-state index contributed by atoms with van der Waals surface area (Å²) in [5.41, 5.74) is 1.12. The van der Waals surface area contributed by atoms with Crippen molar-refractivity contribution in [2.24, 2.45) is 0 Å². The van der Waals surface area contributed by atoms with Crippen LogP contribution in [0.15, 0.2) is 53.1 Å². The molecular formula is C17H16BrN3O. The van der Waals surface area contributed by atoms with Gasteiger partial charge in [-0.25, -0.2) is 4.98 Å². The van der Waals surface area contributed by atoms with Gasteiger partial charge in [-0.15, -0.1) is 0 Å². The fourth-order valence-electron chi connectivity index (χ4n) is 3.52. The average Bonchev–Trinajstić information content (AvgIpc) is 3.10. The fraction of sp³-hybridized carbons (Fsp3) is 0.294. The van der Waals surface area contributed by atoms with Gasteiger partial charge in [-0.1, -0.05) is 34.1 Å². The molecule has 0 bridgehead atoms. The van der Waals surface area contributed by atoms with Crippen LogP contribution in [0, 0.1) is 0 Å². The molecule has 1 aromatic carbocycles. The van der Waals surface area contributed by atoms with Crippen LogP contribution in [-0.2, 0) is 4.79 Å². The molecule has 2 saturated heterocycles. The van der Waals surface area contributed by atoms with E-state index in [-0.39, 0.29) is 18.1 Å². The molecule has 0 saturated carbocycles. The predicted molar refractivity (Wildman–Crippen MR) is 88.3 cm³/mol. The topological polar surface area (TPSA) is 36.4 Å². The molecule has 1 aromatic heterocycles. The highest BCUT2D eigenvalue weighted by Crippen LogP contribution is 2.42. The lowest BCUT2D eigenvalue weighted by Crippen LogP contribution is -2.32. The number of halogens is 1. The Morgan fingerprint density at radius 2 is 2.09 bits per heavy atom. The van der Waals surface area contributed by atoms with Gasteiger partial charge in [0.25, 0.3) is 0 Å². The Hall–Kier alpha value is -1.72. The molecule has 2 aliphatic rings. The van der Waals surface area contributed by atoms with Crippen molar-refractivity contribution in [3.63, 3.8) is 0 Å². The number of pyridine rings is 1. The van der Waals surface area contributed by atoms with Crippen molar-refractivity contribution < 1.29 is 4.79 Å². The predicted octanol–water partition coefficient (Wildman–Crippen LogP) is 3.35. The molecule has 5 heteroatoms. The van der Waals surface area contributed by atoms with E-state index in [2.05, 4.69) is 37.9 Å². The number of anilines is 1. The van der Waals surface area contributed by atoms with Gasteiger partial charge in [-0.05, 0) is 42.7 Å². The van der Waals surface area contributed by atoms with E-state index in [1.165, 1.54) is 0 Å². The van der Waals surface area contributed by atoms with Crippen LogP contribution in [-0.4, -0.2) is 28.4 Å². The third-order valence-corrected chi connectivity index (χ3v) is 4.91.